The van der Waals surface area contributed by atoms with Crippen LogP contribution in [0.25, 0.3) is 0 Å². The second-order valence-electron chi connectivity index (χ2n) is 6.93. The van der Waals surface area contributed by atoms with Gasteiger partial charge in [-0.15, -0.1) is 0 Å². The van der Waals surface area contributed by atoms with Gasteiger partial charge in [-0.25, -0.2) is 0 Å². The molecule has 0 aliphatic rings. The Morgan fingerprint density at radius 1 is 1.24 bits per heavy atom. The summed E-state index contributed by atoms with van der Waals surface area (Å²) in [4.78, 5) is 14.3. The Kier molecular flexibility index (Phi) is 5.93. The van der Waals surface area contributed by atoms with E-state index in [1.54, 1.807) is 7.05 Å². The normalized spacial score (nSPS) is 15.0. The van der Waals surface area contributed by atoms with Gasteiger partial charge in [0, 0.05) is 13.1 Å². The molecular formula is C17H29N3O. The van der Waals surface area contributed by atoms with Gasteiger partial charge in [-0.1, -0.05) is 51.1 Å². The van der Waals surface area contributed by atoms with E-state index >= 15 is 0 Å². The minimum absolute atomic E-state index is 0.233. The van der Waals surface area contributed by atoms with Gasteiger partial charge in [0.25, 0.3) is 0 Å². The molecule has 0 aromatic heterocycles. The van der Waals surface area contributed by atoms with Crippen LogP contribution in [0.5, 0.6) is 0 Å². The van der Waals surface area contributed by atoms with Crippen LogP contribution >= 0.6 is 0 Å². The predicted octanol–water partition coefficient (Wildman–Crippen LogP) is 1.95. The summed E-state index contributed by atoms with van der Waals surface area (Å²) < 4.78 is 0. The summed E-state index contributed by atoms with van der Waals surface area (Å²) >= 11 is 0. The van der Waals surface area contributed by atoms with Crippen molar-refractivity contribution in [2.45, 2.75) is 32.7 Å². The first-order chi connectivity index (χ1) is 9.71. The fraction of sp³-hybridized carbons (Fsp3) is 0.588. The molecule has 1 aromatic carbocycles. The second-order valence-corrected chi connectivity index (χ2v) is 6.93. The van der Waals surface area contributed by atoms with E-state index < -0.39 is 5.54 Å². The van der Waals surface area contributed by atoms with Gasteiger partial charge < -0.3 is 16.0 Å². The van der Waals surface area contributed by atoms with Crippen molar-refractivity contribution in [2.75, 3.05) is 27.2 Å². The zero-order valence-corrected chi connectivity index (χ0v) is 13.9. The average Bonchev–Trinajstić information content (AvgIpc) is 2.39. The highest BCUT2D eigenvalue weighted by molar-refractivity contribution is 5.86. The standard InChI is InChI=1S/C17H29N3O/c1-16(2,3)13-20(5)12-11-17(19-4,15(18)21)14-9-7-6-8-10-14/h6-10,19H,11-13H2,1-5H3,(H2,18,21). The van der Waals surface area contributed by atoms with Crippen molar-refractivity contribution < 1.29 is 4.79 Å². The van der Waals surface area contributed by atoms with Crippen LogP contribution in [0.15, 0.2) is 30.3 Å². The van der Waals surface area contributed by atoms with Crippen LogP contribution in [0.1, 0.15) is 32.8 Å². The predicted molar refractivity (Wildman–Crippen MR) is 87.9 cm³/mol. The van der Waals surface area contributed by atoms with Crippen molar-refractivity contribution in [3.63, 3.8) is 0 Å². The summed E-state index contributed by atoms with van der Waals surface area (Å²) in [6, 6.07) is 9.71. The molecule has 1 atom stereocenters. The smallest absolute Gasteiger partial charge is 0.242 e. The molecule has 1 rings (SSSR count). The molecule has 4 nitrogen and oxygen atoms in total. The van der Waals surface area contributed by atoms with E-state index in [4.69, 9.17) is 5.73 Å². The lowest BCUT2D eigenvalue weighted by Crippen LogP contribution is -2.52. The maximum absolute atomic E-state index is 12.1. The molecule has 4 heteroatoms. The molecule has 118 valence electrons. The molecular weight excluding hydrogens is 262 g/mol. The molecule has 0 bridgehead atoms. The lowest BCUT2D eigenvalue weighted by atomic mass is 9.85. The molecule has 0 heterocycles. The van der Waals surface area contributed by atoms with Gasteiger partial charge in [-0.3, -0.25) is 4.79 Å². The van der Waals surface area contributed by atoms with Crippen LogP contribution in [0.2, 0.25) is 0 Å². The van der Waals surface area contributed by atoms with Gasteiger partial charge in [0.05, 0.1) is 0 Å². The molecule has 1 unspecified atom stereocenters. The number of nitrogens with two attached hydrogens (primary N) is 1. The van der Waals surface area contributed by atoms with Gasteiger partial charge in [0.2, 0.25) is 5.91 Å². The van der Waals surface area contributed by atoms with Crippen LogP contribution in [0.4, 0.5) is 0 Å². The van der Waals surface area contributed by atoms with Gasteiger partial charge in [-0.05, 0) is 31.5 Å². The number of primary amides is 1. The Bertz CT molecular complexity index is 453. The van der Waals surface area contributed by atoms with E-state index in [0.717, 1.165) is 18.7 Å². The highest BCUT2D eigenvalue weighted by Crippen LogP contribution is 2.25. The van der Waals surface area contributed by atoms with E-state index in [9.17, 15) is 4.79 Å². The summed E-state index contributed by atoms with van der Waals surface area (Å²) in [7, 11) is 3.87. The third kappa shape index (κ3) is 4.83. The quantitative estimate of drug-likeness (QED) is 0.807. The van der Waals surface area contributed by atoms with Crippen molar-refractivity contribution in [1.82, 2.24) is 10.2 Å². The first-order valence-electron chi connectivity index (χ1n) is 7.44. The molecule has 3 N–H and O–H groups in total. The van der Waals surface area contributed by atoms with E-state index in [0.29, 0.717) is 6.42 Å². The van der Waals surface area contributed by atoms with Crippen LogP contribution in [-0.4, -0.2) is 38.0 Å². The number of hydrogen-bond donors (Lipinski definition) is 2. The summed E-state index contributed by atoms with van der Waals surface area (Å²) in [5, 5.41) is 3.15. The highest BCUT2D eigenvalue weighted by Gasteiger charge is 2.36. The fourth-order valence-electron chi connectivity index (χ4n) is 2.77. The molecule has 0 aliphatic carbocycles. The number of hydrogen-bond acceptors (Lipinski definition) is 3. The molecule has 1 aromatic rings. The Morgan fingerprint density at radius 3 is 2.24 bits per heavy atom. The van der Waals surface area contributed by atoms with Gasteiger partial charge in [-0.2, -0.15) is 0 Å². The molecule has 0 spiro atoms. The number of carbonyl (C=O) groups excluding carboxylic acids is 1. The number of nitrogens with one attached hydrogen (secondary N) is 1. The fourth-order valence-corrected chi connectivity index (χ4v) is 2.77. The second kappa shape index (κ2) is 7.05. The maximum Gasteiger partial charge on any atom is 0.242 e. The monoisotopic (exact) mass is 291 g/mol. The van der Waals surface area contributed by atoms with Gasteiger partial charge in [0.15, 0.2) is 0 Å². The van der Waals surface area contributed by atoms with Crippen LogP contribution < -0.4 is 11.1 Å². The van der Waals surface area contributed by atoms with E-state index in [1.807, 2.05) is 30.3 Å². The topological polar surface area (TPSA) is 58.4 Å². The number of amides is 1. The van der Waals surface area contributed by atoms with Gasteiger partial charge >= 0.3 is 0 Å². The molecule has 21 heavy (non-hydrogen) atoms. The zero-order chi connectivity index (χ0) is 16.1. The maximum atomic E-state index is 12.1. The summed E-state index contributed by atoms with van der Waals surface area (Å²) in [6.07, 6.45) is 0.648. The van der Waals surface area contributed by atoms with E-state index in [2.05, 4.69) is 38.0 Å². The number of benzene rings is 1. The van der Waals surface area contributed by atoms with Crippen LogP contribution in [0, 0.1) is 5.41 Å². The Morgan fingerprint density at radius 2 is 1.81 bits per heavy atom. The lowest BCUT2D eigenvalue weighted by molar-refractivity contribution is -0.125. The van der Waals surface area contributed by atoms with E-state index in [1.165, 1.54) is 0 Å². The number of rotatable bonds is 7. The Balaban J connectivity index is 2.88. The van der Waals surface area contributed by atoms with Crippen molar-refractivity contribution in [1.29, 1.82) is 0 Å². The third-order valence-electron chi connectivity index (χ3n) is 3.73. The Hall–Kier alpha value is -1.39. The highest BCUT2D eigenvalue weighted by atomic mass is 16.1. The van der Waals surface area contributed by atoms with Crippen LogP contribution in [-0.2, 0) is 10.3 Å². The molecule has 0 aliphatic heterocycles. The number of carbonyl (C=O) groups is 1. The summed E-state index contributed by atoms with van der Waals surface area (Å²) in [6.45, 7) is 8.40. The first kappa shape index (κ1) is 17.7. The largest absolute Gasteiger partial charge is 0.368 e. The molecule has 0 fully saturated rings. The van der Waals surface area contributed by atoms with E-state index in [-0.39, 0.29) is 11.3 Å². The number of nitrogens with zero attached hydrogens (tertiary/aromatic N) is 1. The molecule has 0 saturated heterocycles. The lowest BCUT2D eigenvalue weighted by Gasteiger charge is -2.34. The summed E-state index contributed by atoms with van der Waals surface area (Å²) in [5.74, 6) is -0.333. The van der Waals surface area contributed by atoms with Crippen LogP contribution in [0.3, 0.4) is 0 Å². The summed E-state index contributed by atoms with van der Waals surface area (Å²) in [5.41, 5.74) is 6.05. The third-order valence-corrected chi connectivity index (χ3v) is 3.73. The first-order valence-corrected chi connectivity index (χ1v) is 7.44. The van der Waals surface area contributed by atoms with Crippen molar-refractivity contribution in [2.24, 2.45) is 11.1 Å². The average molecular weight is 291 g/mol. The van der Waals surface area contributed by atoms with Gasteiger partial charge in [0.1, 0.15) is 5.54 Å². The Labute approximate surface area is 128 Å². The molecule has 0 radical (unpaired) electrons. The minimum Gasteiger partial charge on any atom is -0.368 e. The number of likely N-dealkylation sites (N-methyl/N-ethyl adjacent to an activating group) is 1. The van der Waals surface area contributed by atoms with Crippen molar-refractivity contribution in [3.05, 3.63) is 35.9 Å². The van der Waals surface area contributed by atoms with Crippen molar-refractivity contribution >= 4 is 5.91 Å². The SMILES string of the molecule is CNC(CCN(C)CC(C)(C)C)(C(N)=O)c1ccccc1. The van der Waals surface area contributed by atoms with Crippen molar-refractivity contribution in [3.8, 4) is 0 Å². The molecule has 1 amide bonds. The minimum atomic E-state index is -0.812. The zero-order valence-electron chi connectivity index (χ0n) is 13.9. The molecule has 0 saturated carbocycles.